The highest BCUT2D eigenvalue weighted by atomic mass is 32.2. The summed E-state index contributed by atoms with van der Waals surface area (Å²) in [5.41, 5.74) is 1.71. The summed E-state index contributed by atoms with van der Waals surface area (Å²) in [6, 6.07) is 7.10. The van der Waals surface area contributed by atoms with Crippen LogP contribution in [0.15, 0.2) is 30.5 Å². The highest BCUT2D eigenvalue weighted by Gasteiger charge is 2.37. The topological polar surface area (TPSA) is 70.0 Å². The third-order valence-electron chi connectivity index (χ3n) is 4.82. The second-order valence-electron chi connectivity index (χ2n) is 6.41. The largest absolute Gasteiger partial charge is 0.493 e. The number of ether oxygens (including phenoxy) is 3. The fourth-order valence-corrected chi connectivity index (χ4v) is 5.29. The predicted molar refractivity (Wildman–Crippen MR) is 103 cm³/mol. The third kappa shape index (κ3) is 3.51. The molecule has 0 saturated carbocycles. The minimum atomic E-state index is -3.40. The Morgan fingerprint density at radius 2 is 1.74 bits per heavy atom. The van der Waals surface area contributed by atoms with Crippen LogP contribution in [-0.2, 0) is 16.6 Å². The monoisotopic (exact) mass is 394 g/mol. The molecular weight excluding hydrogens is 368 g/mol. The van der Waals surface area contributed by atoms with Crippen LogP contribution in [-0.4, -0.2) is 50.9 Å². The summed E-state index contributed by atoms with van der Waals surface area (Å²) in [7, 11) is 1.25. The van der Waals surface area contributed by atoms with Crippen molar-refractivity contribution in [2.75, 3.05) is 33.6 Å². The van der Waals surface area contributed by atoms with Crippen molar-refractivity contribution in [2.24, 2.45) is 0 Å². The first kappa shape index (κ1) is 19.6. The van der Waals surface area contributed by atoms with E-state index in [0.717, 1.165) is 11.3 Å². The average Bonchev–Trinajstić information content (AvgIpc) is 3.14. The minimum absolute atomic E-state index is 0.120. The first-order chi connectivity index (χ1) is 13.0. The molecule has 0 N–H and O–H groups in total. The molecule has 2 aromatic rings. The molecule has 3 rings (SSSR count). The highest BCUT2D eigenvalue weighted by Crippen LogP contribution is 2.43. The molecule has 1 aromatic carbocycles. The number of rotatable bonds is 7. The van der Waals surface area contributed by atoms with Gasteiger partial charge < -0.3 is 18.8 Å². The lowest BCUT2D eigenvalue weighted by molar-refractivity contribution is 0.293. The number of benzene rings is 1. The second kappa shape index (κ2) is 7.82. The standard InChI is InChI=1S/C19H26N2O5S/c1-5-11-27(22,23)21-10-9-20-8-6-7-15(20)18(21)14-12-16(24-2)19(26-4)17(13-14)25-3/h6-8,12-13,18H,5,9-11H2,1-4H3. The minimum Gasteiger partial charge on any atom is -0.493 e. The van der Waals surface area contributed by atoms with Gasteiger partial charge in [0, 0.05) is 25.0 Å². The predicted octanol–water partition coefficient (Wildman–Crippen LogP) is 2.66. The molecule has 0 aliphatic carbocycles. The van der Waals surface area contributed by atoms with E-state index in [2.05, 4.69) is 4.57 Å². The Morgan fingerprint density at radius 3 is 2.30 bits per heavy atom. The van der Waals surface area contributed by atoms with Crippen molar-refractivity contribution in [3.8, 4) is 17.2 Å². The van der Waals surface area contributed by atoms with Gasteiger partial charge in [0.15, 0.2) is 11.5 Å². The molecule has 1 aromatic heterocycles. The molecule has 1 aliphatic rings. The molecule has 0 fully saturated rings. The fourth-order valence-electron chi connectivity index (χ4n) is 3.63. The second-order valence-corrected chi connectivity index (χ2v) is 8.46. The Balaban J connectivity index is 2.19. The lowest BCUT2D eigenvalue weighted by Gasteiger charge is -2.36. The molecule has 0 radical (unpaired) electrons. The van der Waals surface area contributed by atoms with E-state index < -0.39 is 16.1 Å². The van der Waals surface area contributed by atoms with Gasteiger partial charge in [-0.1, -0.05) is 6.92 Å². The molecule has 1 atom stereocenters. The van der Waals surface area contributed by atoms with E-state index in [1.807, 2.05) is 37.4 Å². The van der Waals surface area contributed by atoms with Gasteiger partial charge in [-0.25, -0.2) is 8.42 Å². The zero-order valence-corrected chi connectivity index (χ0v) is 17.0. The molecule has 8 heteroatoms. The van der Waals surface area contributed by atoms with Crippen LogP contribution in [0.4, 0.5) is 0 Å². The molecular formula is C19H26N2O5S. The molecule has 0 bridgehead atoms. The van der Waals surface area contributed by atoms with E-state index in [0.29, 0.717) is 36.8 Å². The summed E-state index contributed by atoms with van der Waals surface area (Å²) in [6.07, 6.45) is 2.55. The molecule has 27 heavy (non-hydrogen) atoms. The first-order valence-electron chi connectivity index (χ1n) is 8.91. The van der Waals surface area contributed by atoms with Gasteiger partial charge in [-0.05, 0) is 36.2 Å². The van der Waals surface area contributed by atoms with Crippen molar-refractivity contribution in [1.82, 2.24) is 8.87 Å². The number of nitrogens with zero attached hydrogens (tertiary/aromatic N) is 2. The Kier molecular flexibility index (Phi) is 5.67. The van der Waals surface area contributed by atoms with E-state index in [1.54, 1.807) is 25.6 Å². The van der Waals surface area contributed by atoms with Gasteiger partial charge >= 0.3 is 0 Å². The van der Waals surface area contributed by atoms with Crippen LogP contribution < -0.4 is 14.2 Å². The van der Waals surface area contributed by atoms with Crippen LogP contribution >= 0.6 is 0 Å². The number of methoxy groups -OCH3 is 3. The van der Waals surface area contributed by atoms with Crippen LogP contribution in [0, 0.1) is 0 Å². The first-order valence-corrected chi connectivity index (χ1v) is 10.5. The van der Waals surface area contributed by atoms with Gasteiger partial charge in [-0.2, -0.15) is 4.31 Å². The number of sulfonamides is 1. The Bertz CT molecular complexity index is 882. The summed E-state index contributed by atoms with van der Waals surface area (Å²) in [5.74, 6) is 1.61. The van der Waals surface area contributed by atoms with Crippen molar-refractivity contribution < 1.29 is 22.6 Å². The van der Waals surface area contributed by atoms with Crippen LogP contribution in [0.3, 0.4) is 0 Å². The third-order valence-corrected chi connectivity index (χ3v) is 6.85. The van der Waals surface area contributed by atoms with Crippen LogP contribution in [0.5, 0.6) is 17.2 Å². The molecule has 1 aliphatic heterocycles. The van der Waals surface area contributed by atoms with Gasteiger partial charge in [0.25, 0.3) is 0 Å². The van der Waals surface area contributed by atoms with E-state index in [-0.39, 0.29) is 5.75 Å². The van der Waals surface area contributed by atoms with Gasteiger partial charge in [-0.3, -0.25) is 0 Å². The molecule has 0 spiro atoms. The van der Waals surface area contributed by atoms with E-state index in [4.69, 9.17) is 14.2 Å². The summed E-state index contributed by atoms with van der Waals surface area (Å²) in [5, 5.41) is 0. The van der Waals surface area contributed by atoms with Crippen LogP contribution in [0.25, 0.3) is 0 Å². The molecule has 148 valence electrons. The van der Waals surface area contributed by atoms with E-state index in [1.165, 1.54) is 0 Å². The smallest absolute Gasteiger partial charge is 0.215 e. The van der Waals surface area contributed by atoms with Gasteiger partial charge in [0.1, 0.15) is 0 Å². The summed E-state index contributed by atoms with van der Waals surface area (Å²) < 4.78 is 45.9. The Hall–Kier alpha value is -2.19. The summed E-state index contributed by atoms with van der Waals surface area (Å²) in [6.45, 7) is 2.93. The van der Waals surface area contributed by atoms with Gasteiger partial charge in [-0.15, -0.1) is 0 Å². The Labute approximate surface area is 160 Å². The lowest BCUT2D eigenvalue weighted by atomic mass is 10.0. The number of hydrogen-bond acceptors (Lipinski definition) is 5. The van der Waals surface area contributed by atoms with E-state index in [9.17, 15) is 8.42 Å². The maximum absolute atomic E-state index is 13.0. The lowest BCUT2D eigenvalue weighted by Crippen LogP contribution is -2.43. The van der Waals surface area contributed by atoms with Crippen LogP contribution in [0.1, 0.15) is 30.6 Å². The van der Waals surface area contributed by atoms with Crippen molar-refractivity contribution in [3.63, 3.8) is 0 Å². The molecule has 2 heterocycles. The van der Waals surface area contributed by atoms with Crippen molar-refractivity contribution in [1.29, 1.82) is 0 Å². The maximum Gasteiger partial charge on any atom is 0.215 e. The molecule has 0 saturated heterocycles. The Morgan fingerprint density at radius 1 is 1.07 bits per heavy atom. The zero-order chi connectivity index (χ0) is 19.6. The van der Waals surface area contributed by atoms with Gasteiger partial charge in [0.2, 0.25) is 15.8 Å². The van der Waals surface area contributed by atoms with Crippen LogP contribution in [0.2, 0.25) is 0 Å². The van der Waals surface area contributed by atoms with Crippen molar-refractivity contribution in [3.05, 3.63) is 41.7 Å². The van der Waals surface area contributed by atoms with Gasteiger partial charge in [0.05, 0.1) is 33.1 Å². The highest BCUT2D eigenvalue weighted by molar-refractivity contribution is 7.89. The fraction of sp³-hybridized carbons (Fsp3) is 0.474. The quantitative estimate of drug-likeness (QED) is 0.722. The van der Waals surface area contributed by atoms with Crippen molar-refractivity contribution >= 4 is 10.0 Å². The maximum atomic E-state index is 13.0. The normalized spacial score (nSPS) is 17.4. The average molecular weight is 394 g/mol. The zero-order valence-electron chi connectivity index (χ0n) is 16.1. The van der Waals surface area contributed by atoms with Crippen molar-refractivity contribution in [2.45, 2.75) is 25.9 Å². The summed E-state index contributed by atoms with van der Waals surface area (Å²) >= 11 is 0. The SMILES string of the molecule is CCCS(=O)(=O)N1CCn2cccc2C1c1cc(OC)c(OC)c(OC)c1. The summed E-state index contributed by atoms with van der Waals surface area (Å²) in [4.78, 5) is 0. The van der Waals surface area contributed by atoms with E-state index >= 15 is 0 Å². The molecule has 1 unspecified atom stereocenters. The molecule has 7 nitrogen and oxygen atoms in total. The molecule has 0 amide bonds. The number of hydrogen-bond donors (Lipinski definition) is 0. The number of aromatic nitrogens is 1. The number of fused-ring (bicyclic) bond motifs is 1.